The van der Waals surface area contributed by atoms with E-state index in [0.29, 0.717) is 12.3 Å². The van der Waals surface area contributed by atoms with Gasteiger partial charge in [0.15, 0.2) is 0 Å². The van der Waals surface area contributed by atoms with E-state index in [0.717, 1.165) is 13.1 Å². The molecule has 2 N–H and O–H groups in total. The fourth-order valence-corrected chi connectivity index (χ4v) is 2.85. The number of hydrogen-bond donors (Lipinski definition) is 1. The zero-order valence-electron chi connectivity index (χ0n) is 9.45. The van der Waals surface area contributed by atoms with Crippen LogP contribution in [0.3, 0.4) is 0 Å². The number of carbonyl (C=O) groups excluding carboxylic acids is 1. The van der Waals surface area contributed by atoms with Crippen LogP contribution in [-0.2, 0) is 4.79 Å². The van der Waals surface area contributed by atoms with Crippen LogP contribution in [0.25, 0.3) is 0 Å². The summed E-state index contributed by atoms with van der Waals surface area (Å²) >= 11 is 0. The van der Waals surface area contributed by atoms with Crippen molar-refractivity contribution in [3.63, 3.8) is 0 Å². The van der Waals surface area contributed by atoms with Crippen molar-refractivity contribution in [2.45, 2.75) is 51.0 Å². The number of nitrogens with two attached hydrogens (primary N) is 1. The molecule has 0 radical (unpaired) electrons. The average molecular weight is 210 g/mol. The quantitative estimate of drug-likeness (QED) is 0.767. The van der Waals surface area contributed by atoms with Crippen molar-refractivity contribution in [3.05, 3.63) is 0 Å². The smallest absolute Gasteiger partial charge is 0.224 e. The minimum atomic E-state index is 0.112. The predicted octanol–water partition coefficient (Wildman–Crippen LogP) is 1.52. The lowest BCUT2D eigenvalue weighted by molar-refractivity contribution is -0.130. The Morgan fingerprint density at radius 2 is 1.80 bits per heavy atom. The van der Waals surface area contributed by atoms with E-state index in [1.54, 1.807) is 0 Å². The molecular weight excluding hydrogens is 188 g/mol. The van der Waals surface area contributed by atoms with Gasteiger partial charge in [-0.15, -0.1) is 0 Å². The predicted molar refractivity (Wildman–Crippen MR) is 60.4 cm³/mol. The van der Waals surface area contributed by atoms with Crippen LogP contribution in [0.1, 0.15) is 44.9 Å². The number of nitrogens with zero attached hydrogens (tertiary/aromatic N) is 1. The molecule has 2 fully saturated rings. The first-order valence-electron chi connectivity index (χ1n) is 6.31. The summed E-state index contributed by atoms with van der Waals surface area (Å²) in [5, 5.41) is 0. The lowest BCUT2D eigenvalue weighted by Crippen LogP contribution is -2.37. The van der Waals surface area contributed by atoms with Crippen LogP contribution in [0.5, 0.6) is 0 Å². The Morgan fingerprint density at radius 1 is 1.20 bits per heavy atom. The van der Waals surface area contributed by atoms with Gasteiger partial charge in [-0.25, -0.2) is 0 Å². The third-order valence-electron chi connectivity index (χ3n) is 3.87. The van der Waals surface area contributed by atoms with E-state index in [2.05, 4.69) is 0 Å². The molecular formula is C12H22N2O. The second kappa shape index (κ2) is 4.97. The topological polar surface area (TPSA) is 46.3 Å². The first-order chi connectivity index (χ1) is 7.27. The normalized spacial score (nSPS) is 24.7. The third-order valence-corrected chi connectivity index (χ3v) is 3.87. The van der Waals surface area contributed by atoms with Crippen molar-refractivity contribution in [2.24, 2.45) is 11.7 Å². The van der Waals surface area contributed by atoms with Crippen LogP contribution in [-0.4, -0.2) is 29.9 Å². The first kappa shape index (κ1) is 10.9. The summed E-state index contributed by atoms with van der Waals surface area (Å²) in [4.78, 5) is 13.8. The van der Waals surface area contributed by atoms with Crippen LogP contribution in [0.4, 0.5) is 0 Å². The van der Waals surface area contributed by atoms with Gasteiger partial charge >= 0.3 is 0 Å². The largest absolute Gasteiger partial charge is 0.343 e. The van der Waals surface area contributed by atoms with Gasteiger partial charge in [-0.05, 0) is 31.6 Å². The molecule has 0 spiro atoms. The summed E-state index contributed by atoms with van der Waals surface area (Å²) in [7, 11) is 0. The SMILES string of the molecule is NC(CC(=O)N1CCCC1)C1CCCC1. The highest BCUT2D eigenvalue weighted by Crippen LogP contribution is 2.28. The summed E-state index contributed by atoms with van der Waals surface area (Å²) in [6.45, 7) is 1.91. The number of rotatable bonds is 3. The highest BCUT2D eigenvalue weighted by Gasteiger charge is 2.26. The lowest BCUT2D eigenvalue weighted by atomic mass is 9.96. The average Bonchev–Trinajstić information content (AvgIpc) is 2.91. The molecule has 2 rings (SSSR count). The second-order valence-electron chi connectivity index (χ2n) is 5.00. The highest BCUT2D eigenvalue weighted by molar-refractivity contribution is 5.77. The maximum absolute atomic E-state index is 11.9. The van der Waals surface area contributed by atoms with Crippen molar-refractivity contribution >= 4 is 5.91 Å². The van der Waals surface area contributed by atoms with E-state index >= 15 is 0 Å². The molecule has 0 aromatic rings. The van der Waals surface area contributed by atoms with Crippen molar-refractivity contribution in [1.82, 2.24) is 4.90 Å². The molecule has 86 valence electrons. The Bertz CT molecular complexity index is 218. The van der Waals surface area contributed by atoms with E-state index < -0.39 is 0 Å². The van der Waals surface area contributed by atoms with Crippen molar-refractivity contribution in [2.75, 3.05) is 13.1 Å². The summed E-state index contributed by atoms with van der Waals surface area (Å²) in [6.07, 6.45) is 7.98. The third kappa shape index (κ3) is 2.71. The number of likely N-dealkylation sites (tertiary alicyclic amines) is 1. The standard InChI is InChI=1S/C12H22N2O/c13-11(10-5-1-2-6-10)9-12(15)14-7-3-4-8-14/h10-11H,1-9,13H2. The number of amides is 1. The molecule has 1 saturated carbocycles. The van der Waals surface area contributed by atoms with Gasteiger partial charge in [0.05, 0.1) is 0 Å². The van der Waals surface area contributed by atoms with Crippen molar-refractivity contribution in [3.8, 4) is 0 Å². The minimum Gasteiger partial charge on any atom is -0.343 e. The Balaban J connectivity index is 1.77. The molecule has 1 atom stereocenters. The first-order valence-corrected chi connectivity index (χ1v) is 6.31. The van der Waals surface area contributed by atoms with Gasteiger partial charge in [0.2, 0.25) is 5.91 Å². The van der Waals surface area contributed by atoms with E-state index in [-0.39, 0.29) is 11.9 Å². The molecule has 1 heterocycles. The molecule has 1 unspecified atom stereocenters. The van der Waals surface area contributed by atoms with Gasteiger partial charge in [0, 0.05) is 25.6 Å². The van der Waals surface area contributed by atoms with Gasteiger partial charge in [-0.1, -0.05) is 12.8 Å². The molecule has 0 bridgehead atoms. The Hall–Kier alpha value is -0.570. The van der Waals surface area contributed by atoms with Gasteiger partial charge in [-0.3, -0.25) is 4.79 Å². The molecule has 1 aliphatic heterocycles. The van der Waals surface area contributed by atoms with E-state index in [1.165, 1.54) is 38.5 Å². The Morgan fingerprint density at radius 3 is 2.40 bits per heavy atom. The maximum atomic E-state index is 11.9. The monoisotopic (exact) mass is 210 g/mol. The zero-order chi connectivity index (χ0) is 10.7. The van der Waals surface area contributed by atoms with Crippen LogP contribution in [0, 0.1) is 5.92 Å². The van der Waals surface area contributed by atoms with Gasteiger partial charge < -0.3 is 10.6 Å². The zero-order valence-corrected chi connectivity index (χ0v) is 9.45. The summed E-state index contributed by atoms with van der Waals surface area (Å²) in [5.41, 5.74) is 6.10. The molecule has 0 aromatic carbocycles. The van der Waals surface area contributed by atoms with Gasteiger partial charge in [-0.2, -0.15) is 0 Å². The van der Waals surface area contributed by atoms with E-state index in [4.69, 9.17) is 5.73 Å². The van der Waals surface area contributed by atoms with Crippen LogP contribution >= 0.6 is 0 Å². The Kier molecular flexibility index (Phi) is 3.62. The van der Waals surface area contributed by atoms with E-state index in [1.807, 2.05) is 4.90 Å². The van der Waals surface area contributed by atoms with Crippen LogP contribution in [0.2, 0.25) is 0 Å². The molecule has 3 nitrogen and oxygen atoms in total. The van der Waals surface area contributed by atoms with E-state index in [9.17, 15) is 4.79 Å². The fraction of sp³-hybridized carbons (Fsp3) is 0.917. The summed E-state index contributed by atoms with van der Waals surface area (Å²) in [5.74, 6) is 0.892. The molecule has 1 aliphatic carbocycles. The van der Waals surface area contributed by atoms with Gasteiger partial charge in [0.25, 0.3) is 0 Å². The molecule has 0 aromatic heterocycles. The molecule has 3 heteroatoms. The highest BCUT2D eigenvalue weighted by atomic mass is 16.2. The summed E-state index contributed by atoms with van der Waals surface area (Å²) < 4.78 is 0. The Labute approximate surface area is 92.0 Å². The number of carbonyl (C=O) groups is 1. The van der Waals surface area contributed by atoms with Gasteiger partial charge in [0.1, 0.15) is 0 Å². The molecule has 1 saturated heterocycles. The number of hydrogen-bond acceptors (Lipinski definition) is 2. The molecule has 15 heavy (non-hydrogen) atoms. The molecule has 2 aliphatic rings. The fourth-order valence-electron chi connectivity index (χ4n) is 2.85. The van der Waals surface area contributed by atoms with Crippen molar-refractivity contribution < 1.29 is 4.79 Å². The lowest BCUT2D eigenvalue weighted by Gasteiger charge is -2.22. The minimum absolute atomic E-state index is 0.112. The maximum Gasteiger partial charge on any atom is 0.224 e. The second-order valence-corrected chi connectivity index (χ2v) is 5.00. The summed E-state index contributed by atoms with van der Waals surface area (Å²) in [6, 6.07) is 0.112. The van der Waals surface area contributed by atoms with Crippen LogP contribution < -0.4 is 5.73 Å². The van der Waals surface area contributed by atoms with Crippen molar-refractivity contribution in [1.29, 1.82) is 0 Å². The van der Waals surface area contributed by atoms with Crippen LogP contribution in [0.15, 0.2) is 0 Å². The molecule has 1 amide bonds.